The Hall–Kier alpha value is -1.66. The van der Waals surface area contributed by atoms with Crippen molar-refractivity contribution in [3.8, 4) is 0 Å². The number of rotatable bonds is 68. The quantitative estimate of drug-likeness (QED) is 0.0320. The molecule has 0 aromatic heterocycles. The third-order valence-electron chi connectivity index (χ3n) is 17.0. The van der Waals surface area contributed by atoms with Crippen LogP contribution in [0.3, 0.4) is 0 Å². The SMILES string of the molecule is CCCCCCCCC/C=C\CCCCCCCCCC(=O)OCCCCCCCCCCCCCCCCCCCCCCCCCCCCC(=O)NC(CO)C(O)/C=C/CCCCCCCCCCCCCCCCCC. The van der Waals surface area contributed by atoms with Crippen molar-refractivity contribution in [2.75, 3.05) is 13.2 Å². The number of hydrogen-bond acceptors (Lipinski definition) is 5. The maximum absolute atomic E-state index is 12.5. The molecule has 6 heteroatoms. The van der Waals surface area contributed by atoms with Gasteiger partial charge in [0.25, 0.3) is 0 Å². The Kier molecular flexibility index (Phi) is 67.4. The molecule has 468 valence electrons. The number of aliphatic hydroxyl groups is 2. The maximum atomic E-state index is 12.5. The Morgan fingerprint density at radius 3 is 0.899 bits per heavy atom. The number of hydrogen-bond donors (Lipinski definition) is 3. The van der Waals surface area contributed by atoms with Crippen molar-refractivity contribution < 1.29 is 24.5 Å². The summed E-state index contributed by atoms with van der Waals surface area (Å²) in [4.78, 5) is 24.6. The number of unbranched alkanes of at least 4 members (excludes halogenated alkanes) is 55. The van der Waals surface area contributed by atoms with Crippen LogP contribution in [-0.4, -0.2) is 47.4 Å². The first kappa shape index (κ1) is 77.3. The lowest BCUT2D eigenvalue weighted by atomic mass is 10.0. The third kappa shape index (κ3) is 65.4. The van der Waals surface area contributed by atoms with Gasteiger partial charge in [-0.25, -0.2) is 0 Å². The lowest BCUT2D eigenvalue weighted by molar-refractivity contribution is -0.143. The van der Waals surface area contributed by atoms with Gasteiger partial charge in [0.1, 0.15) is 0 Å². The first-order valence-electron chi connectivity index (χ1n) is 36.1. The fourth-order valence-electron chi connectivity index (χ4n) is 11.5. The number of esters is 1. The van der Waals surface area contributed by atoms with Gasteiger partial charge >= 0.3 is 5.97 Å². The molecule has 0 aromatic carbocycles. The van der Waals surface area contributed by atoms with Crippen molar-refractivity contribution in [3.05, 3.63) is 24.3 Å². The van der Waals surface area contributed by atoms with E-state index in [4.69, 9.17) is 4.74 Å². The largest absolute Gasteiger partial charge is 0.466 e. The molecule has 2 atom stereocenters. The van der Waals surface area contributed by atoms with Gasteiger partial charge in [0.2, 0.25) is 5.91 Å². The zero-order valence-electron chi connectivity index (χ0n) is 53.6. The molecular weight excluding hydrogens is 971 g/mol. The highest BCUT2D eigenvalue weighted by Crippen LogP contribution is 2.19. The second-order valence-corrected chi connectivity index (χ2v) is 24.9. The van der Waals surface area contributed by atoms with Gasteiger partial charge in [-0.1, -0.05) is 359 Å². The van der Waals surface area contributed by atoms with Crippen LogP contribution in [0.15, 0.2) is 24.3 Å². The Morgan fingerprint density at radius 2 is 0.595 bits per heavy atom. The molecular formula is C73H141NO5. The summed E-state index contributed by atoms with van der Waals surface area (Å²) in [5.74, 6) is -0.0474. The van der Waals surface area contributed by atoms with Crippen LogP contribution in [0.4, 0.5) is 0 Å². The summed E-state index contributed by atoms with van der Waals surface area (Å²) in [7, 11) is 0. The molecule has 0 aliphatic rings. The monoisotopic (exact) mass is 1110 g/mol. The minimum absolute atomic E-state index is 0.0148. The zero-order chi connectivity index (χ0) is 57.1. The fraction of sp³-hybridized carbons (Fsp3) is 0.918. The summed E-state index contributed by atoms with van der Waals surface area (Å²) >= 11 is 0. The molecule has 0 aliphatic carbocycles. The molecule has 0 saturated carbocycles. The number of carbonyl (C=O) groups excluding carboxylic acids is 2. The summed E-state index contributed by atoms with van der Waals surface area (Å²) < 4.78 is 5.51. The maximum Gasteiger partial charge on any atom is 0.305 e. The van der Waals surface area contributed by atoms with Crippen LogP contribution in [0.1, 0.15) is 406 Å². The Morgan fingerprint density at radius 1 is 0.342 bits per heavy atom. The van der Waals surface area contributed by atoms with E-state index >= 15 is 0 Å². The highest BCUT2D eigenvalue weighted by Gasteiger charge is 2.18. The van der Waals surface area contributed by atoms with Crippen LogP contribution < -0.4 is 5.32 Å². The highest BCUT2D eigenvalue weighted by atomic mass is 16.5. The van der Waals surface area contributed by atoms with Crippen LogP contribution in [0.2, 0.25) is 0 Å². The third-order valence-corrected chi connectivity index (χ3v) is 17.0. The second kappa shape index (κ2) is 68.8. The molecule has 0 saturated heterocycles. The number of amides is 1. The van der Waals surface area contributed by atoms with Gasteiger partial charge in [0.05, 0.1) is 25.4 Å². The molecule has 0 aromatic rings. The molecule has 3 N–H and O–H groups in total. The van der Waals surface area contributed by atoms with Crippen molar-refractivity contribution >= 4 is 11.9 Å². The van der Waals surface area contributed by atoms with Crippen molar-refractivity contribution in [1.29, 1.82) is 0 Å². The topological polar surface area (TPSA) is 95.9 Å². The first-order valence-corrected chi connectivity index (χ1v) is 36.1. The number of carbonyl (C=O) groups is 2. The van der Waals surface area contributed by atoms with E-state index in [0.717, 1.165) is 44.9 Å². The van der Waals surface area contributed by atoms with Crippen molar-refractivity contribution in [2.24, 2.45) is 0 Å². The van der Waals surface area contributed by atoms with E-state index in [-0.39, 0.29) is 18.5 Å². The van der Waals surface area contributed by atoms with Crippen LogP contribution in [0.5, 0.6) is 0 Å². The first-order chi connectivity index (χ1) is 39.0. The van der Waals surface area contributed by atoms with Crippen molar-refractivity contribution in [1.82, 2.24) is 5.32 Å². The lowest BCUT2D eigenvalue weighted by Crippen LogP contribution is -2.45. The van der Waals surface area contributed by atoms with Crippen molar-refractivity contribution in [3.63, 3.8) is 0 Å². The average Bonchev–Trinajstić information content (AvgIpc) is 3.45. The van der Waals surface area contributed by atoms with Crippen LogP contribution >= 0.6 is 0 Å². The van der Waals surface area contributed by atoms with E-state index in [1.54, 1.807) is 6.08 Å². The smallest absolute Gasteiger partial charge is 0.305 e. The normalized spacial score (nSPS) is 12.6. The Bertz CT molecular complexity index is 1230. The summed E-state index contributed by atoms with van der Waals surface area (Å²) in [5, 5.41) is 23.2. The lowest BCUT2D eigenvalue weighted by Gasteiger charge is -2.20. The number of aliphatic hydroxyl groups excluding tert-OH is 2. The van der Waals surface area contributed by atoms with Gasteiger partial charge in [0.15, 0.2) is 0 Å². The van der Waals surface area contributed by atoms with Gasteiger partial charge in [0, 0.05) is 12.8 Å². The highest BCUT2D eigenvalue weighted by molar-refractivity contribution is 5.76. The number of nitrogens with one attached hydrogen (secondary N) is 1. The molecule has 0 rings (SSSR count). The average molecular weight is 1110 g/mol. The van der Waals surface area contributed by atoms with E-state index < -0.39 is 12.1 Å². The molecule has 79 heavy (non-hydrogen) atoms. The molecule has 6 nitrogen and oxygen atoms in total. The van der Waals surface area contributed by atoms with Gasteiger partial charge in [-0.2, -0.15) is 0 Å². The Balaban J connectivity index is 3.36. The van der Waals surface area contributed by atoms with E-state index in [0.29, 0.717) is 19.4 Å². The zero-order valence-corrected chi connectivity index (χ0v) is 53.6. The predicted molar refractivity (Wildman–Crippen MR) is 347 cm³/mol. The second-order valence-electron chi connectivity index (χ2n) is 24.9. The molecule has 0 radical (unpaired) electrons. The van der Waals surface area contributed by atoms with E-state index in [9.17, 15) is 19.8 Å². The predicted octanol–water partition coefficient (Wildman–Crippen LogP) is 23.3. The molecule has 0 bridgehead atoms. The summed E-state index contributed by atoms with van der Waals surface area (Å²) in [6.45, 7) is 4.94. The van der Waals surface area contributed by atoms with Crippen LogP contribution in [0.25, 0.3) is 0 Å². The van der Waals surface area contributed by atoms with Gasteiger partial charge in [-0.3, -0.25) is 9.59 Å². The minimum Gasteiger partial charge on any atom is -0.466 e. The standard InChI is InChI=1S/C73H141NO5/c1-3-5-7-9-11-13-15-17-19-21-33-37-41-45-49-53-57-61-65-71(76)70(69-75)74-72(77)66-62-58-54-50-46-42-38-34-31-29-27-25-23-24-26-28-30-32-36-40-44-48-52-56-60-64-68-79-73(78)67-63-59-55-51-47-43-39-35-22-20-18-16-14-12-10-8-6-4-2/h20,22,61,65,70-71,75-76H,3-19,21,23-60,62-64,66-69H2,1-2H3,(H,74,77)/b22-20-,65-61+. The van der Waals surface area contributed by atoms with Crippen LogP contribution in [-0.2, 0) is 14.3 Å². The van der Waals surface area contributed by atoms with Crippen LogP contribution in [0, 0.1) is 0 Å². The molecule has 0 fully saturated rings. The fourth-order valence-corrected chi connectivity index (χ4v) is 11.5. The van der Waals surface area contributed by atoms with E-state index in [2.05, 4.69) is 31.3 Å². The number of ether oxygens (including phenoxy) is 1. The van der Waals surface area contributed by atoms with E-state index in [1.807, 2.05) is 6.08 Å². The summed E-state index contributed by atoms with van der Waals surface area (Å²) in [5.41, 5.74) is 0. The Labute approximate surface area is 494 Å². The summed E-state index contributed by atoms with van der Waals surface area (Å²) in [6, 6.07) is -0.626. The molecule has 2 unspecified atom stereocenters. The molecule has 1 amide bonds. The molecule has 0 heterocycles. The summed E-state index contributed by atoms with van der Waals surface area (Å²) in [6.07, 6.45) is 86.9. The minimum atomic E-state index is -0.843. The number of allylic oxidation sites excluding steroid dienone is 3. The van der Waals surface area contributed by atoms with Crippen molar-refractivity contribution in [2.45, 2.75) is 418 Å². The van der Waals surface area contributed by atoms with E-state index in [1.165, 1.54) is 334 Å². The van der Waals surface area contributed by atoms with Gasteiger partial charge in [-0.05, 0) is 57.8 Å². The van der Waals surface area contributed by atoms with Gasteiger partial charge in [-0.15, -0.1) is 0 Å². The molecule has 0 aliphatic heterocycles. The molecule has 0 spiro atoms. The van der Waals surface area contributed by atoms with Gasteiger partial charge < -0.3 is 20.3 Å².